The van der Waals surface area contributed by atoms with Gasteiger partial charge in [-0.05, 0) is 42.6 Å². The second-order valence-corrected chi connectivity index (χ2v) is 7.15. The monoisotopic (exact) mass is 368 g/mol. The van der Waals surface area contributed by atoms with E-state index in [1.165, 1.54) is 24.0 Å². The Morgan fingerprint density at radius 1 is 1.00 bits per heavy atom. The summed E-state index contributed by atoms with van der Waals surface area (Å²) < 4.78 is 0. The summed E-state index contributed by atoms with van der Waals surface area (Å²) in [5.41, 5.74) is 2.81. The first-order valence-corrected chi connectivity index (χ1v) is 9.58. The number of hydrogen-bond acceptors (Lipinski definition) is 5. The van der Waals surface area contributed by atoms with Gasteiger partial charge in [0.15, 0.2) is 5.11 Å². The van der Waals surface area contributed by atoms with Crippen LogP contribution >= 0.6 is 12.2 Å². The van der Waals surface area contributed by atoms with Crippen LogP contribution in [-0.2, 0) is 13.0 Å². The van der Waals surface area contributed by atoms with Crippen molar-refractivity contribution in [3.05, 3.63) is 41.5 Å². The maximum Gasteiger partial charge on any atom is 0.232 e. The fraction of sp³-hybridized carbons (Fsp3) is 0.421. The van der Waals surface area contributed by atoms with Gasteiger partial charge < -0.3 is 20.4 Å². The number of benzene rings is 1. The van der Waals surface area contributed by atoms with Gasteiger partial charge in [-0.1, -0.05) is 24.3 Å². The van der Waals surface area contributed by atoms with Crippen LogP contribution in [0.3, 0.4) is 0 Å². The molecule has 3 heterocycles. The van der Waals surface area contributed by atoms with E-state index < -0.39 is 0 Å². The topological polar surface area (TPSA) is 56.3 Å². The second kappa shape index (κ2) is 7.45. The number of aromatic nitrogens is 2. The molecule has 0 atom stereocenters. The van der Waals surface area contributed by atoms with Crippen LogP contribution in [0.25, 0.3) is 0 Å². The number of nitrogens with one attached hydrogen (secondary N) is 2. The third-order valence-corrected chi connectivity index (χ3v) is 5.34. The van der Waals surface area contributed by atoms with E-state index in [0.29, 0.717) is 11.1 Å². The molecule has 7 heteroatoms. The first kappa shape index (κ1) is 17.0. The molecule has 1 aromatic carbocycles. The van der Waals surface area contributed by atoms with Crippen molar-refractivity contribution in [2.75, 3.05) is 41.8 Å². The van der Waals surface area contributed by atoms with Gasteiger partial charge in [0.2, 0.25) is 5.95 Å². The summed E-state index contributed by atoms with van der Waals surface area (Å²) in [6.45, 7) is 3.94. The molecular formula is C19H24N6S. The second-order valence-electron chi connectivity index (χ2n) is 6.75. The Labute approximate surface area is 159 Å². The minimum absolute atomic E-state index is 0.526. The molecule has 6 nitrogen and oxygen atoms in total. The van der Waals surface area contributed by atoms with E-state index in [1.807, 2.05) is 0 Å². The zero-order chi connectivity index (χ0) is 17.9. The minimum atomic E-state index is 0.526. The Hall–Kier alpha value is -2.41. The van der Waals surface area contributed by atoms with E-state index in [4.69, 9.17) is 22.2 Å². The van der Waals surface area contributed by atoms with Crippen LogP contribution < -0.4 is 20.4 Å². The zero-order valence-corrected chi connectivity index (χ0v) is 15.9. The molecule has 0 spiro atoms. The van der Waals surface area contributed by atoms with Crippen molar-refractivity contribution in [2.24, 2.45) is 0 Å². The molecule has 1 fully saturated rings. The molecule has 0 unspecified atom stereocenters. The first-order valence-electron chi connectivity index (χ1n) is 9.17. The molecule has 26 heavy (non-hydrogen) atoms. The Morgan fingerprint density at radius 2 is 1.69 bits per heavy atom. The van der Waals surface area contributed by atoms with E-state index in [9.17, 15) is 0 Å². The van der Waals surface area contributed by atoms with E-state index >= 15 is 0 Å². The minimum Gasteiger partial charge on any atom is -0.365 e. The number of rotatable bonds is 3. The van der Waals surface area contributed by atoms with E-state index in [1.54, 1.807) is 7.05 Å². The molecule has 136 valence electrons. The summed E-state index contributed by atoms with van der Waals surface area (Å²) in [4.78, 5) is 14.1. The average Bonchev–Trinajstić information content (AvgIpc) is 3.22. The standard InChI is InChI=1S/C19H24N6S/c1-20-19(26)23-18-21-16(24-9-4-5-10-24)12-17(22-18)25-11-8-14-6-2-3-7-15(14)13-25/h2-3,6-7,12H,4-5,8-11,13H2,1H3,(H2,20,21,22,23,26). The third-order valence-electron chi connectivity index (χ3n) is 5.04. The number of fused-ring (bicyclic) bond motifs is 1. The number of hydrogen-bond donors (Lipinski definition) is 2. The van der Waals surface area contributed by atoms with Crippen molar-refractivity contribution >= 4 is 34.9 Å². The smallest absolute Gasteiger partial charge is 0.232 e. The largest absolute Gasteiger partial charge is 0.365 e. The Morgan fingerprint density at radius 3 is 2.42 bits per heavy atom. The van der Waals surface area contributed by atoms with E-state index in [0.717, 1.165) is 44.2 Å². The first-order chi connectivity index (χ1) is 12.7. The lowest BCUT2D eigenvalue weighted by molar-refractivity contribution is 0.719. The Kier molecular flexibility index (Phi) is 4.88. The van der Waals surface area contributed by atoms with Crippen molar-refractivity contribution in [3.8, 4) is 0 Å². The maximum absolute atomic E-state index is 5.24. The molecule has 1 aromatic heterocycles. The maximum atomic E-state index is 5.24. The van der Waals surface area contributed by atoms with Gasteiger partial charge in [-0.3, -0.25) is 0 Å². The lowest BCUT2D eigenvalue weighted by Gasteiger charge is -2.30. The molecule has 0 saturated carbocycles. The fourth-order valence-corrected chi connectivity index (χ4v) is 3.69. The van der Waals surface area contributed by atoms with Crippen molar-refractivity contribution < 1.29 is 0 Å². The van der Waals surface area contributed by atoms with Crippen LogP contribution in [0.15, 0.2) is 30.3 Å². The normalized spacial score (nSPS) is 16.3. The number of nitrogens with zero attached hydrogens (tertiary/aromatic N) is 4. The molecule has 0 bridgehead atoms. The van der Waals surface area contributed by atoms with Crippen molar-refractivity contribution in [3.63, 3.8) is 0 Å². The summed E-state index contributed by atoms with van der Waals surface area (Å²) in [5.74, 6) is 2.49. The van der Waals surface area contributed by atoms with Crippen LogP contribution in [0.1, 0.15) is 24.0 Å². The molecule has 0 amide bonds. The molecule has 2 aliphatic heterocycles. The summed E-state index contributed by atoms with van der Waals surface area (Å²) in [6.07, 6.45) is 3.47. The van der Waals surface area contributed by atoms with E-state index in [-0.39, 0.29) is 0 Å². The summed E-state index contributed by atoms with van der Waals surface area (Å²) >= 11 is 5.24. The van der Waals surface area contributed by atoms with Crippen LogP contribution in [0.4, 0.5) is 17.6 Å². The zero-order valence-electron chi connectivity index (χ0n) is 15.0. The Balaban J connectivity index is 1.65. The third kappa shape index (κ3) is 3.58. The predicted molar refractivity (Wildman–Crippen MR) is 110 cm³/mol. The highest BCUT2D eigenvalue weighted by atomic mass is 32.1. The van der Waals surface area contributed by atoms with Gasteiger partial charge >= 0.3 is 0 Å². The van der Waals surface area contributed by atoms with E-state index in [2.05, 4.69) is 50.8 Å². The molecule has 1 saturated heterocycles. The molecule has 2 aliphatic rings. The number of thiocarbonyl (C=S) groups is 1. The summed E-state index contributed by atoms with van der Waals surface area (Å²) in [7, 11) is 1.79. The predicted octanol–water partition coefficient (Wildman–Crippen LogP) is 2.56. The summed E-state index contributed by atoms with van der Waals surface area (Å²) in [6, 6.07) is 10.8. The Bertz CT molecular complexity index is 802. The fourth-order valence-electron chi connectivity index (χ4n) is 3.60. The molecule has 4 rings (SSSR count). The van der Waals surface area contributed by atoms with Gasteiger partial charge in [-0.2, -0.15) is 9.97 Å². The molecular weight excluding hydrogens is 344 g/mol. The highest BCUT2D eigenvalue weighted by Gasteiger charge is 2.21. The van der Waals surface area contributed by atoms with Gasteiger partial charge in [0.05, 0.1) is 0 Å². The quantitative estimate of drug-likeness (QED) is 0.808. The van der Waals surface area contributed by atoms with Crippen molar-refractivity contribution in [2.45, 2.75) is 25.8 Å². The van der Waals surface area contributed by atoms with Gasteiger partial charge in [0.25, 0.3) is 0 Å². The van der Waals surface area contributed by atoms with Crippen molar-refractivity contribution in [1.82, 2.24) is 15.3 Å². The SMILES string of the molecule is CNC(=S)Nc1nc(N2CCCC2)cc(N2CCc3ccccc3C2)n1. The van der Waals surface area contributed by atoms with Crippen LogP contribution in [-0.4, -0.2) is 41.8 Å². The van der Waals surface area contributed by atoms with Gasteiger partial charge in [-0.15, -0.1) is 0 Å². The molecule has 2 N–H and O–H groups in total. The van der Waals surface area contributed by atoms with Gasteiger partial charge in [0.1, 0.15) is 11.6 Å². The van der Waals surface area contributed by atoms with Crippen molar-refractivity contribution in [1.29, 1.82) is 0 Å². The highest BCUT2D eigenvalue weighted by molar-refractivity contribution is 7.80. The lowest BCUT2D eigenvalue weighted by atomic mass is 10.00. The average molecular weight is 369 g/mol. The van der Waals surface area contributed by atoms with Crippen LogP contribution in [0.5, 0.6) is 0 Å². The van der Waals surface area contributed by atoms with Crippen LogP contribution in [0, 0.1) is 0 Å². The highest BCUT2D eigenvalue weighted by Crippen LogP contribution is 2.28. The van der Waals surface area contributed by atoms with Gasteiger partial charge in [-0.25, -0.2) is 0 Å². The lowest BCUT2D eigenvalue weighted by Crippen LogP contribution is -2.32. The summed E-state index contributed by atoms with van der Waals surface area (Å²) in [5, 5.41) is 6.55. The molecule has 0 aliphatic carbocycles. The molecule has 2 aromatic rings. The van der Waals surface area contributed by atoms with Crippen LogP contribution in [0.2, 0.25) is 0 Å². The molecule has 0 radical (unpaired) electrons. The van der Waals surface area contributed by atoms with Gasteiger partial charge in [0, 0.05) is 39.3 Å². The number of anilines is 3.